The van der Waals surface area contributed by atoms with Crippen molar-refractivity contribution in [1.82, 2.24) is 4.98 Å². The van der Waals surface area contributed by atoms with E-state index in [2.05, 4.69) is 27.6 Å². The van der Waals surface area contributed by atoms with Crippen molar-refractivity contribution in [2.45, 2.75) is 13.3 Å². The maximum atomic E-state index is 12.2. The van der Waals surface area contributed by atoms with Crippen molar-refractivity contribution in [2.24, 2.45) is 0 Å². The smallest absolute Gasteiger partial charge is 0.168 e. The van der Waals surface area contributed by atoms with Crippen LogP contribution in [-0.2, 0) is 6.42 Å². The van der Waals surface area contributed by atoms with Gasteiger partial charge in [-0.05, 0) is 46.7 Å². The molecule has 2 aromatic rings. The number of carbonyl (C=O) groups excluding carboxylic acids is 1. The third kappa shape index (κ3) is 2.91. The van der Waals surface area contributed by atoms with Gasteiger partial charge < -0.3 is 0 Å². The first-order valence-electron chi connectivity index (χ1n) is 5.35. The molecule has 0 saturated carbocycles. The van der Waals surface area contributed by atoms with E-state index in [0.717, 1.165) is 20.3 Å². The lowest BCUT2D eigenvalue weighted by Gasteiger charge is -2.06. The van der Waals surface area contributed by atoms with Crippen LogP contribution in [0.1, 0.15) is 21.5 Å². The van der Waals surface area contributed by atoms with Gasteiger partial charge in [-0.1, -0.05) is 24.3 Å². The zero-order valence-electron chi connectivity index (χ0n) is 9.48. The van der Waals surface area contributed by atoms with Crippen LogP contribution in [0.25, 0.3) is 0 Å². The number of aromatic nitrogens is 1. The molecule has 3 heteroatoms. The Balaban J connectivity index is 2.24. The highest BCUT2D eigenvalue weighted by Gasteiger charge is 2.11. The van der Waals surface area contributed by atoms with Crippen molar-refractivity contribution < 1.29 is 4.79 Å². The van der Waals surface area contributed by atoms with Crippen molar-refractivity contribution in [3.8, 4) is 0 Å². The first-order chi connectivity index (χ1) is 8.18. The van der Waals surface area contributed by atoms with Gasteiger partial charge in [0.05, 0.1) is 0 Å². The second kappa shape index (κ2) is 5.40. The normalized spacial score (nSPS) is 10.2. The van der Waals surface area contributed by atoms with Gasteiger partial charge in [-0.15, -0.1) is 0 Å². The molecule has 0 aliphatic heterocycles. The number of ketones is 1. The Morgan fingerprint density at radius 1 is 1.29 bits per heavy atom. The molecule has 0 aliphatic rings. The first kappa shape index (κ1) is 12.2. The summed E-state index contributed by atoms with van der Waals surface area (Å²) in [6.45, 7) is 2.02. The number of Topliss-reactive ketones (excluding diaryl/α,β-unsaturated/α-hetero) is 1. The molecule has 1 aromatic carbocycles. The predicted molar refractivity (Wildman–Crippen MR) is 76.2 cm³/mol. The van der Waals surface area contributed by atoms with E-state index in [1.807, 2.05) is 37.3 Å². The zero-order chi connectivity index (χ0) is 12.3. The topological polar surface area (TPSA) is 30.0 Å². The van der Waals surface area contributed by atoms with Gasteiger partial charge in [0.25, 0.3) is 0 Å². The van der Waals surface area contributed by atoms with Crippen LogP contribution < -0.4 is 0 Å². The highest BCUT2D eigenvalue weighted by molar-refractivity contribution is 14.1. The molecular weight excluding hydrogens is 325 g/mol. The molecule has 0 N–H and O–H groups in total. The molecule has 0 bridgehead atoms. The number of halogens is 1. The molecule has 1 heterocycles. The van der Waals surface area contributed by atoms with E-state index in [0.29, 0.717) is 6.42 Å². The Hall–Kier alpha value is -1.23. The Morgan fingerprint density at radius 3 is 2.82 bits per heavy atom. The first-order valence-corrected chi connectivity index (χ1v) is 6.43. The number of hydrogen-bond donors (Lipinski definition) is 0. The average molecular weight is 337 g/mol. The molecule has 0 radical (unpaired) electrons. The molecule has 0 saturated heterocycles. The van der Waals surface area contributed by atoms with E-state index in [1.54, 1.807) is 12.4 Å². The maximum absolute atomic E-state index is 12.2. The van der Waals surface area contributed by atoms with Crippen LogP contribution in [0.5, 0.6) is 0 Å². The summed E-state index contributed by atoms with van der Waals surface area (Å²) < 4.78 is 1.04. The van der Waals surface area contributed by atoms with E-state index < -0.39 is 0 Å². The molecule has 2 nitrogen and oxygen atoms in total. The number of benzene rings is 1. The van der Waals surface area contributed by atoms with Crippen molar-refractivity contribution >= 4 is 28.4 Å². The monoisotopic (exact) mass is 337 g/mol. The molecule has 2 rings (SSSR count). The second-order valence-electron chi connectivity index (χ2n) is 3.90. The standard InChI is InChI=1S/C14H12INO/c1-10-4-2-6-12(14(10)15)13(17)8-11-5-3-7-16-9-11/h2-7,9H,8H2,1H3. The molecular formula is C14H12INO. The molecule has 86 valence electrons. The molecule has 0 fully saturated rings. The quantitative estimate of drug-likeness (QED) is 0.635. The number of carbonyl (C=O) groups is 1. The zero-order valence-corrected chi connectivity index (χ0v) is 11.6. The number of pyridine rings is 1. The lowest BCUT2D eigenvalue weighted by molar-refractivity contribution is 0.0992. The fraction of sp³-hybridized carbons (Fsp3) is 0.143. The lowest BCUT2D eigenvalue weighted by Crippen LogP contribution is -2.06. The Kier molecular flexibility index (Phi) is 3.89. The lowest BCUT2D eigenvalue weighted by atomic mass is 10.0. The maximum Gasteiger partial charge on any atom is 0.168 e. The van der Waals surface area contributed by atoms with E-state index >= 15 is 0 Å². The minimum atomic E-state index is 0.145. The van der Waals surface area contributed by atoms with E-state index in [-0.39, 0.29) is 5.78 Å². The molecule has 17 heavy (non-hydrogen) atoms. The summed E-state index contributed by atoms with van der Waals surface area (Å²) in [7, 11) is 0. The van der Waals surface area contributed by atoms with Crippen LogP contribution in [-0.4, -0.2) is 10.8 Å². The van der Waals surface area contributed by atoms with Crippen LogP contribution in [0.15, 0.2) is 42.7 Å². The summed E-state index contributed by atoms with van der Waals surface area (Å²) in [6, 6.07) is 9.60. The Morgan fingerprint density at radius 2 is 2.12 bits per heavy atom. The number of rotatable bonds is 3. The van der Waals surface area contributed by atoms with Crippen LogP contribution in [0.2, 0.25) is 0 Å². The summed E-state index contributed by atoms with van der Waals surface area (Å²) in [6.07, 6.45) is 3.86. The summed E-state index contributed by atoms with van der Waals surface area (Å²) >= 11 is 2.23. The molecule has 0 unspecified atom stereocenters. The van der Waals surface area contributed by atoms with Gasteiger partial charge in [0, 0.05) is 27.9 Å². The fourth-order valence-corrected chi connectivity index (χ4v) is 2.31. The minimum Gasteiger partial charge on any atom is -0.294 e. The molecule has 1 aromatic heterocycles. The van der Waals surface area contributed by atoms with Gasteiger partial charge in [0.1, 0.15) is 0 Å². The van der Waals surface area contributed by atoms with Crippen molar-refractivity contribution in [2.75, 3.05) is 0 Å². The fourth-order valence-electron chi connectivity index (χ4n) is 1.65. The highest BCUT2D eigenvalue weighted by atomic mass is 127. The van der Waals surface area contributed by atoms with E-state index in [9.17, 15) is 4.79 Å². The van der Waals surface area contributed by atoms with E-state index in [1.165, 1.54) is 0 Å². The summed E-state index contributed by atoms with van der Waals surface area (Å²) in [5, 5.41) is 0. The van der Waals surface area contributed by atoms with Crippen LogP contribution in [0.3, 0.4) is 0 Å². The summed E-state index contributed by atoms with van der Waals surface area (Å²) in [5.41, 5.74) is 2.90. The molecule has 0 amide bonds. The number of nitrogens with zero attached hydrogens (tertiary/aromatic N) is 1. The molecule has 0 aliphatic carbocycles. The molecule has 0 atom stereocenters. The Bertz CT molecular complexity index is 537. The van der Waals surface area contributed by atoms with Gasteiger partial charge in [-0.2, -0.15) is 0 Å². The van der Waals surface area contributed by atoms with Crippen molar-refractivity contribution in [3.05, 3.63) is 63.0 Å². The van der Waals surface area contributed by atoms with Crippen molar-refractivity contribution in [1.29, 1.82) is 0 Å². The SMILES string of the molecule is Cc1cccc(C(=O)Cc2cccnc2)c1I. The Labute approximate surface area is 114 Å². The summed E-state index contributed by atoms with van der Waals surface area (Å²) in [4.78, 5) is 16.2. The third-order valence-electron chi connectivity index (χ3n) is 2.58. The average Bonchev–Trinajstić information content (AvgIpc) is 2.34. The second-order valence-corrected chi connectivity index (χ2v) is 4.98. The molecule has 0 spiro atoms. The van der Waals surface area contributed by atoms with E-state index in [4.69, 9.17) is 0 Å². The minimum absolute atomic E-state index is 0.145. The predicted octanol–water partition coefficient (Wildman–Crippen LogP) is 3.42. The van der Waals surface area contributed by atoms with Crippen molar-refractivity contribution in [3.63, 3.8) is 0 Å². The third-order valence-corrected chi connectivity index (χ3v) is 4.01. The van der Waals surface area contributed by atoms with Crippen LogP contribution >= 0.6 is 22.6 Å². The van der Waals surface area contributed by atoms with Gasteiger partial charge in [0.15, 0.2) is 5.78 Å². The number of hydrogen-bond acceptors (Lipinski definition) is 2. The van der Waals surface area contributed by atoms with Crippen LogP contribution in [0, 0.1) is 10.5 Å². The van der Waals surface area contributed by atoms with Crippen LogP contribution in [0.4, 0.5) is 0 Å². The largest absolute Gasteiger partial charge is 0.294 e. The summed E-state index contributed by atoms with van der Waals surface area (Å²) in [5.74, 6) is 0.145. The number of aryl methyl sites for hydroxylation is 1. The van der Waals surface area contributed by atoms with Gasteiger partial charge in [-0.3, -0.25) is 9.78 Å². The van der Waals surface area contributed by atoms with Gasteiger partial charge in [0.2, 0.25) is 0 Å². The van der Waals surface area contributed by atoms with Gasteiger partial charge in [-0.25, -0.2) is 0 Å². The van der Waals surface area contributed by atoms with Gasteiger partial charge >= 0.3 is 0 Å². The highest BCUT2D eigenvalue weighted by Crippen LogP contribution is 2.18.